The molecular formula is C21H26N2O3S. The average molecular weight is 387 g/mol. The van der Waals surface area contributed by atoms with Crippen LogP contribution in [0, 0.1) is 5.92 Å². The van der Waals surface area contributed by atoms with Crippen LogP contribution in [-0.4, -0.2) is 26.9 Å². The topological polar surface area (TPSA) is 75.3 Å². The SMILES string of the molecule is C[C@H]1C[C@@H](C(=O)Nc2cccc(CS(=O)(=O)Cc3ccccc3)c2)CCN1. The molecular weight excluding hydrogens is 360 g/mol. The molecule has 0 aromatic heterocycles. The molecule has 1 aliphatic heterocycles. The van der Waals surface area contributed by atoms with E-state index in [-0.39, 0.29) is 23.3 Å². The molecule has 0 radical (unpaired) electrons. The number of benzene rings is 2. The van der Waals surface area contributed by atoms with Crippen molar-refractivity contribution in [3.05, 3.63) is 65.7 Å². The first-order valence-corrected chi connectivity index (χ1v) is 11.1. The molecule has 27 heavy (non-hydrogen) atoms. The van der Waals surface area contributed by atoms with Gasteiger partial charge in [0.2, 0.25) is 5.91 Å². The molecule has 0 saturated carbocycles. The fraction of sp³-hybridized carbons (Fsp3) is 0.381. The van der Waals surface area contributed by atoms with Crippen LogP contribution in [0.3, 0.4) is 0 Å². The molecule has 2 aromatic carbocycles. The first kappa shape index (κ1) is 19.6. The Labute approximate surface area is 161 Å². The van der Waals surface area contributed by atoms with Gasteiger partial charge in [-0.1, -0.05) is 42.5 Å². The zero-order chi connectivity index (χ0) is 19.3. The maximum absolute atomic E-state index is 12.5. The number of piperidine rings is 1. The Morgan fingerprint density at radius 3 is 2.52 bits per heavy atom. The van der Waals surface area contributed by atoms with Crippen molar-refractivity contribution in [2.45, 2.75) is 37.3 Å². The van der Waals surface area contributed by atoms with E-state index in [1.54, 1.807) is 24.3 Å². The van der Waals surface area contributed by atoms with Crippen LogP contribution in [0.25, 0.3) is 0 Å². The van der Waals surface area contributed by atoms with Gasteiger partial charge in [0, 0.05) is 17.6 Å². The Morgan fingerprint density at radius 1 is 1.07 bits per heavy atom. The van der Waals surface area contributed by atoms with Gasteiger partial charge < -0.3 is 10.6 Å². The summed E-state index contributed by atoms with van der Waals surface area (Å²) in [5.41, 5.74) is 2.11. The monoisotopic (exact) mass is 386 g/mol. The Morgan fingerprint density at radius 2 is 1.78 bits per heavy atom. The second kappa shape index (κ2) is 8.67. The van der Waals surface area contributed by atoms with Crippen LogP contribution in [0.15, 0.2) is 54.6 Å². The van der Waals surface area contributed by atoms with Gasteiger partial charge in [-0.05, 0) is 49.6 Å². The molecule has 2 atom stereocenters. The van der Waals surface area contributed by atoms with Gasteiger partial charge in [0.1, 0.15) is 0 Å². The lowest BCUT2D eigenvalue weighted by Crippen LogP contribution is -2.40. The number of carbonyl (C=O) groups is 1. The molecule has 1 aliphatic rings. The second-order valence-corrected chi connectivity index (χ2v) is 9.35. The van der Waals surface area contributed by atoms with E-state index in [1.165, 1.54) is 0 Å². The van der Waals surface area contributed by atoms with Crippen molar-refractivity contribution in [3.63, 3.8) is 0 Å². The van der Waals surface area contributed by atoms with E-state index >= 15 is 0 Å². The van der Waals surface area contributed by atoms with Crippen LogP contribution >= 0.6 is 0 Å². The third-order valence-corrected chi connectivity index (χ3v) is 6.35. The van der Waals surface area contributed by atoms with E-state index in [4.69, 9.17) is 0 Å². The highest BCUT2D eigenvalue weighted by Crippen LogP contribution is 2.20. The van der Waals surface area contributed by atoms with Gasteiger partial charge in [0.15, 0.2) is 9.84 Å². The van der Waals surface area contributed by atoms with Crippen LogP contribution in [0.4, 0.5) is 5.69 Å². The largest absolute Gasteiger partial charge is 0.326 e. The fourth-order valence-electron chi connectivity index (χ4n) is 3.49. The van der Waals surface area contributed by atoms with E-state index < -0.39 is 9.84 Å². The number of hydrogen-bond donors (Lipinski definition) is 2. The van der Waals surface area contributed by atoms with Crippen LogP contribution in [-0.2, 0) is 26.1 Å². The molecule has 0 bridgehead atoms. The number of anilines is 1. The maximum Gasteiger partial charge on any atom is 0.227 e. The number of sulfone groups is 1. The summed E-state index contributed by atoms with van der Waals surface area (Å²) in [4.78, 5) is 12.5. The molecule has 2 N–H and O–H groups in total. The Bertz CT molecular complexity index is 881. The second-order valence-electron chi connectivity index (χ2n) is 7.28. The van der Waals surface area contributed by atoms with Gasteiger partial charge in [-0.25, -0.2) is 8.42 Å². The zero-order valence-electron chi connectivity index (χ0n) is 15.5. The number of nitrogens with one attached hydrogen (secondary N) is 2. The predicted octanol–water partition coefficient (Wildman–Crippen LogP) is 3.13. The van der Waals surface area contributed by atoms with Crippen molar-refractivity contribution in [1.29, 1.82) is 0 Å². The summed E-state index contributed by atoms with van der Waals surface area (Å²) in [5, 5.41) is 6.29. The third kappa shape index (κ3) is 5.91. The lowest BCUT2D eigenvalue weighted by molar-refractivity contribution is -0.120. The molecule has 0 spiro atoms. The molecule has 6 heteroatoms. The van der Waals surface area contributed by atoms with Gasteiger partial charge >= 0.3 is 0 Å². The molecule has 0 aliphatic carbocycles. The first-order valence-electron chi connectivity index (χ1n) is 9.29. The number of hydrogen-bond acceptors (Lipinski definition) is 4. The summed E-state index contributed by atoms with van der Waals surface area (Å²) in [7, 11) is -3.28. The summed E-state index contributed by atoms with van der Waals surface area (Å²) in [6, 6.07) is 16.6. The Kier molecular flexibility index (Phi) is 6.29. The molecule has 3 rings (SSSR count). The minimum Gasteiger partial charge on any atom is -0.326 e. The lowest BCUT2D eigenvalue weighted by atomic mass is 9.92. The van der Waals surface area contributed by atoms with Gasteiger partial charge in [-0.2, -0.15) is 0 Å². The van der Waals surface area contributed by atoms with Crippen molar-refractivity contribution < 1.29 is 13.2 Å². The summed E-state index contributed by atoms with van der Waals surface area (Å²) in [6.07, 6.45) is 1.64. The van der Waals surface area contributed by atoms with Gasteiger partial charge in [0.05, 0.1) is 11.5 Å². The van der Waals surface area contributed by atoms with E-state index in [0.717, 1.165) is 24.9 Å². The highest BCUT2D eigenvalue weighted by molar-refractivity contribution is 7.89. The highest BCUT2D eigenvalue weighted by Gasteiger charge is 2.24. The standard InChI is InChI=1S/C21H26N2O3S/c1-16-12-19(10-11-22-16)21(24)23-20-9-5-8-18(13-20)15-27(25,26)14-17-6-3-2-4-7-17/h2-9,13,16,19,22H,10-12,14-15H2,1H3,(H,23,24)/t16-,19-/m0/s1. The van der Waals surface area contributed by atoms with Gasteiger partial charge in [-0.15, -0.1) is 0 Å². The number of carbonyl (C=O) groups excluding carboxylic acids is 1. The molecule has 1 amide bonds. The summed E-state index contributed by atoms with van der Waals surface area (Å²) in [5.74, 6) is -0.0349. The van der Waals surface area contributed by atoms with E-state index in [2.05, 4.69) is 17.6 Å². The minimum absolute atomic E-state index is 0.00708. The van der Waals surface area contributed by atoms with Crippen LogP contribution < -0.4 is 10.6 Å². The zero-order valence-corrected chi connectivity index (χ0v) is 16.3. The van der Waals surface area contributed by atoms with Crippen LogP contribution in [0.5, 0.6) is 0 Å². The average Bonchev–Trinajstić information content (AvgIpc) is 2.62. The van der Waals surface area contributed by atoms with Crippen LogP contribution in [0.1, 0.15) is 30.9 Å². The smallest absolute Gasteiger partial charge is 0.227 e. The van der Waals surface area contributed by atoms with Crippen molar-refractivity contribution in [2.24, 2.45) is 5.92 Å². The van der Waals surface area contributed by atoms with E-state index in [1.807, 2.05) is 30.3 Å². The number of rotatable bonds is 6. The molecule has 1 heterocycles. The molecule has 1 fully saturated rings. The first-order chi connectivity index (χ1) is 12.9. The third-order valence-electron chi connectivity index (χ3n) is 4.80. The predicted molar refractivity (Wildman–Crippen MR) is 108 cm³/mol. The van der Waals surface area contributed by atoms with Crippen molar-refractivity contribution in [1.82, 2.24) is 5.32 Å². The molecule has 2 aromatic rings. The Balaban J connectivity index is 1.64. The lowest BCUT2D eigenvalue weighted by Gasteiger charge is -2.27. The molecule has 1 saturated heterocycles. The fourth-order valence-corrected chi connectivity index (χ4v) is 4.98. The Hall–Kier alpha value is -2.18. The van der Waals surface area contributed by atoms with Crippen molar-refractivity contribution >= 4 is 21.4 Å². The normalized spacial score (nSPS) is 20.2. The van der Waals surface area contributed by atoms with E-state index in [9.17, 15) is 13.2 Å². The maximum atomic E-state index is 12.5. The van der Waals surface area contributed by atoms with Crippen LogP contribution in [0.2, 0.25) is 0 Å². The van der Waals surface area contributed by atoms with E-state index in [0.29, 0.717) is 17.3 Å². The van der Waals surface area contributed by atoms with Crippen molar-refractivity contribution in [3.8, 4) is 0 Å². The number of amides is 1. The van der Waals surface area contributed by atoms with Crippen molar-refractivity contribution in [2.75, 3.05) is 11.9 Å². The quantitative estimate of drug-likeness (QED) is 0.800. The molecule has 0 unspecified atom stereocenters. The highest BCUT2D eigenvalue weighted by atomic mass is 32.2. The summed E-state index contributed by atoms with van der Waals surface area (Å²) >= 11 is 0. The van der Waals surface area contributed by atoms with Gasteiger partial charge in [-0.3, -0.25) is 4.79 Å². The van der Waals surface area contributed by atoms with Gasteiger partial charge in [0.25, 0.3) is 0 Å². The molecule has 5 nitrogen and oxygen atoms in total. The minimum atomic E-state index is -3.28. The summed E-state index contributed by atoms with van der Waals surface area (Å²) in [6.45, 7) is 2.93. The summed E-state index contributed by atoms with van der Waals surface area (Å²) < 4.78 is 25.0. The molecule has 144 valence electrons.